The number of carbonyl (C=O) groups is 1. The van der Waals surface area contributed by atoms with Crippen molar-refractivity contribution in [2.45, 2.75) is 23.8 Å². The summed E-state index contributed by atoms with van der Waals surface area (Å²) in [5.41, 5.74) is 1.30. The highest BCUT2D eigenvalue weighted by Crippen LogP contribution is 2.37. The average Bonchev–Trinajstić information content (AvgIpc) is 3.22. The van der Waals surface area contributed by atoms with Crippen molar-refractivity contribution in [2.24, 2.45) is 0 Å². The van der Waals surface area contributed by atoms with Gasteiger partial charge in [-0.1, -0.05) is 54.1 Å². The average molecular weight is 429 g/mol. The number of hydrogen-bond acceptors (Lipinski definition) is 3. The number of rotatable bonds is 4. The van der Waals surface area contributed by atoms with E-state index >= 15 is 0 Å². The molecule has 1 aliphatic heterocycles. The van der Waals surface area contributed by atoms with Gasteiger partial charge >= 0.3 is 0 Å². The molecule has 0 spiro atoms. The molecule has 0 radical (unpaired) electrons. The Bertz CT molecular complexity index is 1190. The molecule has 1 unspecified atom stereocenters. The number of benzene rings is 3. The number of halogens is 1. The van der Waals surface area contributed by atoms with Gasteiger partial charge in [0.05, 0.1) is 21.5 Å². The molecule has 1 aliphatic rings. The molecule has 1 heterocycles. The number of carbonyl (C=O) groups excluding carboxylic acids is 1. The predicted octanol–water partition coefficient (Wildman–Crippen LogP) is 4.38. The summed E-state index contributed by atoms with van der Waals surface area (Å²) in [6, 6.07) is 18.4. The van der Waals surface area contributed by atoms with Gasteiger partial charge in [-0.2, -0.15) is 0 Å². The molecular formula is C22H21ClN2O3S. The first-order chi connectivity index (χ1) is 13.9. The lowest BCUT2D eigenvalue weighted by Crippen LogP contribution is -2.31. The van der Waals surface area contributed by atoms with Crippen molar-refractivity contribution in [3.63, 3.8) is 0 Å². The minimum absolute atomic E-state index is 0.0219. The van der Waals surface area contributed by atoms with Gasteiger partial charge in [0.15, 0.2) is 0 Å². The van der Waals surface area contributed by atoms with Crippen molar-refractivity contribution in [2.75, 3.05) is 13.6 Å². The molecule has 0 aromatic heterocycles. The van der Waals surface area contributed by atoms with E-state index in [1.165, 1.54) is 25.2 Å². The second-order valence-electron chi connectivity index (χ2n) is 7.07. The largest absolute Gasteiger partial charge is 0.332 e. The van der Waals surface area contributed by atoms with Crippen LogP contribution in [0.3, 0.4) is 0 Å². The monoisotopic (exact) mass is 428 g/mol. The molecule has 3 aromatic rings. The number of amides is 1. The topological polar surface area (TPSA) is 66.5 Å². The van der Waals surface area contributed by atoms with Crippen molar-refractivity contribution in [1.82, 2.24) is 9.62 Å². The molecule has 5 nitrogen and oxygen atoms in total. The Morgan fingerprint density at radius 3 is 2.66 bits per heavy atom. The van der Waals surface area contributed by atoms with Crippen LogP contribution in [0.5, 0.6) is 0 Å². The summed E-state index contributed by atoms with van der Waals surface area (Å²) in [7, 11) is -2.33. The lowest BCUT2D eigenvalue weighted by atomic mass is 9.97. The van der Waals surface area contributed by atoms with Gasteiger partial charge in [-0.25, -0.2) is 13.1 Å². The van der Waals surface area contributed by atoms with Gasteiger partial charge in [0, 0.05) is 6.54 Å². The van der Waals surface area contributed by atoms with Crippen molar-refractivity contribution in [1.29, 1.82) is 0 Å². The third kappa shape index (κ3) is 3.64. The van der Waals surface area contributed by atoms with E-state index in [2.05, 4.69) is 29.0 Å². The zero-order valence-electron chi connectivity index (χ0n) is 15.9. The molecular weight excluding hydrogens is 408 g/mol. The molecule has 4 rings (SSSR count). The van der Waals surface area contributed by atoms with Gasteiger partial charge in [0.2, 0.25) is 10.0 Å². The van der Waals surface area contributed by atoms with Gasteiger partial charge in [0.1, 0.15) is 0 Å². The van der Waals surface area contributed by atoms with Crippen LogP contribution in [-0.4, -0.2) is 32.8 Å². The van der Waals surface area contributed by atoms with Gasteiger partial charge in [-0.15, -0.1) is 0 Å². The molecule has 150 valence electrons. The Labute approximate surface area is 175 Å². The summed E-state index contributed by atoms with van der Waals surface area (Å²) >= 11 is 6.29. The Balaban J connectivity index is 1.75. The van der Waals surface area contributed by atoms with Crippen molar-refractivity contribution in [3.8, 4) is 0 Å². The summed E-state index contributed by atoms with van der Waals surface area (Å²) in [5.74, 6) is -0.251. The smallest absolute Gasteiger partial charge is 0.255 e. The van der Waals surface area contributed by atoms with Crippen molar-refractivity contribution < 1.29 is 13.2 Å². The third-order valence-corrected chi connectivity index (χ3v) is 7.18. The highest BCUT2D eigenvalue weighted by molar-refractivity contribution is 7.89. The molecule has 0 aliphatic carbocycles. The van der Waals surface area contributed by atoms with Crippen LogP contribution in [-0.2, 0) is 10.0 Å². The SMILES string of the molecule is CNS(=O)(=O)c1ccc(Cl)c(C(=O)N2CCCC2c2cccc3ccccc23)c1. The Morgan fingerprint density at radius 1 is 1.10 bits per heavy atom. The molecule has 1 amide bonds. The van der Waals surface area contributed by atoms with Crippen LogP contribution in [0.4, 0.5) is 0 Å². The van der Waals surface area contributed by atoms with E-state index in [4.69, 9.17) is 11.6 Å². The Kier molecular flexibility index (Phi) is 5.34. The second-order valence-corrected chi connectivity index (χ2v) is 9.37. The number of nitrogens with zero attached hydrogens (tertiary/aromatic N) is 1. The first-order valence-corrected chi connectivity index (χ1v) is 11.3. The zero-order valence-corrected chi connectivity index (χ0v) is 17.5. The van der Waals surface area contributed by atoms with Crippen LogP contribution in [0, 0.1) is 0 Å². The summed E-state index contributed by atoms with van der Waals surface area (Å²) in [5, 5.41) is 2.50. The van der Waals surface area contributed by atoms with E-state index < -0.39 is 10.0 Å². The lowest BCUT2D eigenvalue weighted by molar-refractivity contribution is 0.0736. The standard InChI is InChI=1S/C22H21ClN2O3S/c1-24-29(27,28)16-11-12-20(23)19(14-16)22(26)25-13-5-10-21(25)18-9-4-7-15-6-2-3-8-17(15)18/h2-4,6-9,11-12,14,21,24H,5,10,13H2,1H3. The Hall–Kier alpha value is -2.41. The van der Waals surface area contributed by atoms with Gasteiger partial charge in [0.25, 0.3) is 5.91 Å². The minimum Gasteiger partial charge on any atom is -0.332 e. The minimum atomic E-state index is -3.67. The number of nitrogens with one attached hydrogen (secondary N) is 1. The molecule has 1 atom stereocenters. The maximum atomic E-state index is 13.4. The number of likely N-dealkylation sites (tertiary alicyclic amines) is 1. The normalized spacial score (nSPS) is 17.0. The summed E-state index contributed by atoms with van der Waals surface area (Å²) in [6.07, 6.45) is 1.73. The van der Waals surface area contributed by atoms with Gasteiger partial charge < -0.3 is 4.90 Å². The van der Waals surface area contributed by atoms with Crippen LogP contribution in [0.1, 0.15) is 34.8 Å². The first kappa shape index (κ1) is 19.9. The van der Waals surface area contributed by atoms with Crippen molar-refractivity contribution >= 4 is 38.3 Å². The van der Waals surface area contributed by atoms with Crippen LogP contribution in [0.25, 0.3) is 10.8 Å². The molecule has 3 aromatic carbocycles. The third-order valence-electron chi connectivity index (χ3n) is 5.44. The molecule has 1 N–H and O–H groups in total. The van der Waals surface area contributed by atoms with E-state index in [0.29, 0.717) is 6.54 Å². The van der Waals surface area contributed by atoms with E-state index in [9.17, 15) is 13.2 Å². The fourth-order valence-corrected chi connectivity index (χ4v) is 4.94. The molecule has 0 saturated carbocycles. The van der Waals surface area contributed by atoms with E-state index in [1.807, 2.05) is 18.2 Å². The fraction of sp³-hybridized carbons (Fsp3) is 0.227. The van der Waals surface area contributed by atoms with Gasteiger partial charge in [-0.05, 0) is 54.4 Å². The highest BCUT2D eigenvalue weighted by atomic mass is 35.5. The molecule has 1 saturated heterocycles. The predicted molar refractivity (Wildman–Crippen MR) is 115 cm³/mol. The summed E-state index contributed by atoms with van der Waals surface area (Å²) in [4.78, 5) is 15.2. The summed E-state index contributed by atoms with van der Waals surface area (Å²) < 4.78 is 26.6. The molecule has 7 heteroatoms. The first-order valence-electron chi connectivity index (χ1n) is 9.44. The van der Waals surface area contributed by atoms with E-state index in [1.54, 1.807) is 4.90 Å². The highest BCUT2D eigenvalue weighted by Gasteiger charge is 2.32. The van der Waals surface area contributed by atoms with Crippen LogP contribution in [0.2, 0.25) is 5.02 Å². The number of fused-ring (bicyclic) bond motifs is 1. The molecule has 0 bridgehead atoms. The van der Waals surface area contributed by atoms with Crippen LogP contribution in [0.15, 0.2) is 65.6 Å². The second kappa shape index (κ2) is 7.78. The number of sulfonamides is 1. The van der Waals surface area contributed by atoms with Crippen LogP contribution < -0.4 is 4.72 Å². The Morgan fingerprint density at radius 2 is 1.86 bits per heavy atom. The molecule has 1 fully saturated rings. The fourth-order valence-electron chi connectivity index (χ4n) is 3.98. The maximum Gasteiger partial charge on any atom is 0.255 e. The van der Waals surface area contributed by atoms with E-state index in [0.717, 1.165) is 29.2 Å². The van der Waals surface area contributed by atoms with Crippen molar-refractivity contribution in [3.05, 3.63) is 76.8 Å². The summed E-state index contributed by atoms with van der Waals surface area (Å²) in [6.45, 7) is 0.603. The zero-order chi connectivity index (χ0) is 20.6. The van der Waals surface area contributed by atoms with Crippen LogP contribution >= 0.6 is 11.6 Å². The molecule has 29 heavy (non-hydrogen) atoms. The van der Waals surface area contributed by atoms with E-state index in [-0.39, 0.29) is 27.4 Å². The van der Waals surface area contributed by atoms with Gasteiger partial charge in [-0.3, -0.25) is 4.79 Å². The quantitative estimate of drug-likeness (QED) is 0.670. The number of hydrogen-bond donors (Lipinski definition) is 1. The lowest BCUT2D eigenvalue weighted by Gasteiger charge is -2.27. The maximum absolute atomic E-state index is 13.4.